The van der Waals surface area contributed by atoms with E-state index in [1.54, 1.807) is 30.3 Å². The van der Waals surface area contributed by atoms with E-state index in [1.807, 2.05) is 17.5 Å². The SMILES string of the molecule is CCc1ccc2nc(NC(=O)c3ccc(Cl)c(NC(=O)c4cccs4)c3)sc2c1. The average molecular weight is 442 g/mol. The molecule has 0 aliphatic rings. The van der Waals surface area contributed by atoms with E-state index in [0.717, 1.165) is 16.6 Å². The second kappa shape index (κ2) is 8.32. The number of carbonyl (C=O) groups excluding carboxylic acids is 2. The van der Waals surface area contributed by atoms with Crippen LogP contribution in [0.3, 0.4) is 0 Å². The summed E-state index contributed by atoms with van der Waals surface area (Å²) in [6.07, 6.45) is 0.945. The Morgan fingerprint density at radius 1 is 1.07 bits per heavy atom. The van der Waals surface area contributed by atoms with Crippen molar-refractivity contribution < 1.29 is 9.59 Å². The molecule has 2 aromatic heterocycles. The van der Waals surface area contributed by atoms with Crippen LogP contribution in [0.1, 0.15) is 32.5 Å². The molecule has 146 valence electrons. The van der Waals surface area contributed by atoms with Crippen molar-refractivity contribution in [1.82, 2.24) is 4.98 Å². The lowest BCUT2D eigenvalue weighted by Crippen LogP contribution is -2.14. The topological polar surface area (TPSA) is 71.1 Å². The number of thiazole rings is 1. The molecule has 0 saturated carbocycles. The lowest BCUT2D eigenvalue weighted by molar-refractivity contribution is 0.101. The smallest absolute Gasteiger partial charge is 0.265 e. The van der Waals surface area contributed by atoms with Gasteiger partial charge in [0.1, 0.15) is 0 Å². The molecular weight excluding hydrogens is 426 g/mol. The zero-order valence-corrected chi connectivity index (χ0v) is 17.8. The largest absolute Gasteiger partial charge is 0.320 e. The van der Waals surface area contributed by atoms with Crippen LogP contribution in [0, 0.1) is 0 Å². The Kier molecular flexibility index (Phi) is 5.62. The molecule has 0 spiro atoms. The molecule has 0 fully saturated rings. The number of halogens is 1. The van der Waals surface area contributed by atoms with Crippen LogP contribution in [-0.4, -0.2) is 16.8 Å². The maximum absolute atomic E-state index is 12.7. The fourth-order valence-corrected chi connectivity index (χ4v) is 4.47. The minimum absolute atomic E-state index is 0.266. The fourth-order valence-electron chi connectivity index (χ4n) is 2.77. The van der Waals surface area contributed by atoms with Crippen LogP contribution in [-0.2, 0) is 6.42 Å². The molecular formula is C21H16ClN3O2S2. The van der Waals surface area contributed by atoms with E-state index in [2.05, 4.69) is 28.6 Å². The summed E-state index contributed by atoms with van der Waals surface area (Å²) in [7, 11) is 0. The highest BCUT2D eigenvalue weighted by atomic mass is 35.5. The van der Waals surface area contributed by atoms with E-state index in [-0.39, 0.29) is 11.8 Å². The third kappa shape index (κ3) is 4.32. The first-order chi connectivity index (χ1) is 14.0. The van der Waals surface area contributed by atoms with Gasteiger partial charge < -0.3 is 5.32 Å². The number of nitrogens with zero attached hydrogens (tertiary/aromatic N) is 1. The lowest BCUT2D eigenvalue weighted by atomic mass is 10.2. The van der Waals surface area contributed by atoms with E-state index >= 15 is 0 Å². The summed E-state index contributed by atoms with van der Waals surface area (Å²) in [4.78, 5) is 30.0. The van der Waals surface area contributed by atoms with Crippen molar-refractivity contribution in [3.05, 3.63) is 74.9 Å². The van der Waals surface area contributed by atoms with Crippen LogP contribution in [0.2, 0.25) is 5.02 Å². The highest BCUT2D eigenvalue weighted by molar-refractivity contribution is 7.22. The number of hydrogen-bond acceptors (Lipinski definition) is 5. The number of anilines is 2. The molecule has 0 aliphatic heterocycles. The Bertz CT molecular complexity index is 1200. The van der Waals surface area contributed by atoms with Crippen LogP contribution in [0.5, 0.6) is 0 Å². The van der Waals surface area contributed by atoms with Crippen LogP contribution >= 0.6 is 34.3 Å². The summed E-state index contributed by atoms with van der Waals surface area (Å²) in [5, 5.41) is 8.29. The first-order valence-electron chi connectivity index (χ1n) is 8.88. The van der Waals surface area contributed by atoms with E-state index in [4.69, 9.17) is 11.6 Å². The predicted octanol–water partition coefficient (Wildman–Crippen LogP) is 6.08. The minimum Gasteiger partial charge on any atom is -0.320 e. The second-order valence-corrected chi connectivity index (χ2v) is 8.64. The second-order valence-electron chi connectivity index (χ2n) is 6.25. The maximum atomic E-state index is 12.7. The van der Waals surface area contributed by atoms with Gasteiger partial charge in [0.15, 0.2) is 5.13 Å². The summed E-state index contributed by atoms with van der Waals surface area (Å²) in [6.45, 7) is 2.10. The van der Waals surface area contributed by atoms with E-state index in [9.17, 15) is 9.59 Å². The number of amides is 2. The summed E-state index contributed by atoms with van der Waals surface area (Å²) >= 11 is 8.96. The maximum Gasteiger partial charge on any atom is 0.265 e. The van der Waals surface area contributed by atoms with Crippen molar-refractivity contribution in [3.63, 3.8) is 0 Å². The summed E-state index contributed by atoms with van der Waals surface area (Å²) in [5.74, 6) is -0.583. The number of hydrogen-bond donors (Lipinski definition) is 2. The summed E-state index contributed by atoms with van der Waals surface area (Å²) in [5.41, 5.74) is 2.84. The summed E-state index contributed by atoms with van der Waals surface area (Å²) < 4.78 is 1.03. The van der Waals surface area contributed by atoms with Gasteiger partial charge >= 0.3 is 0 Å². The number of aromatic nitrogens is 1. The number of carbonyl (C=O) groups is 2. The van der Waals surface area contributed by atoms with Gasteiger partial charge in [-0.05, 0) is 53.8 Å². The van der Waals surface area contributed by atoms with Gasteiger partial charge in [-0.2, -0.15) is 0 Å². The van der Waals surface area contributed by atoms with E-state index < -0.39 is 0 Å². The first kappa shape index (κ1) is 19.6. The van der Waals surface area contributed by atoms with E-state index in [0.29, 0.717) is 26.3 Å². The van der Waals surface area contributed by atoms with Crippen LogP contribution in [0.15, 0.2) is 53.9 Å². The Hall–Kier alpha value is -2.74. The molecule has 0 unspecified atom stereocenters. The fraction of sp³-hybridized carbons (Fsp3) is 0.0952. The molecule has 0 aliphatic carbocycles. The number of rotatable bonds is 5. The average Bonchev–Trinajstić information content (AvgIpc) is 3.38. The molecule has 0 bridgehead atoms. The zero-order valence-electron chi connectivity index (χ0n) is 15.4. The quantitative estimate of drug-likeness (QED) is 0.394. The number of nitrogens with one attached hydrogen (secondary N) is 2. The van der Waals surface area contributed by atoms with Crippen LogP contribution in [0.25, 0.3) is 10.2 Å². The van der Waals surface area contributed by atoms with Gasteiger partial charge in [0.05, 0.1) is 25.8 Å². The van der Waals surface area contributed by atoms with E-state index in [1.165, 1.54) is 28.2 Å². The van der Waals surface area contributed by atoms with Crippen molar-refractivity contribution >= 4 is 67.1 Å². The lowest BCUT2D eigenvalue weighted by Gasteiger charge is -2.08. The van der Waals surface area contributed by atoms with Crippen molar-refractivity contribution in [3.8, 4) is 0 Å². The van der Waals surface area contributed by atoms with Crippen LogP contribution in [0.4, 0.5) is 10.8 Å². The molecule has 0 saturated heterocycles. The molecule has 29 heavy (non-hydrogen) atoms. The standard InChI is InChI=1S/C21H16ClN3O2S2/c1-2-12-5-8-15-18(10-12)29-21(24-15)25-19(26)13-6-7-14(22)16(11-13)23-20(27)17-4-3-9-28-17/h3-11H,2H2,1H3,(H,23,27)(H,24,25,26). The molecule has 2 heterocycles. The van der Waals surface area contributed by atoms with Crippen molar-refractivity contribution in [2.75, 3.05) is 10.6 Å². The predicted molar refractivity (Wildman–Crippen MR) is 121 cm³/mol. The Morgan fingerprint density at radius 3 is 2.69 bits per heavy atom. The Labute approximate surface area is 180 Å². The van der Waals surface area contributed by atoms with Gasteiger partial charge in [-0.3, -0.25) is 14.9 Å². The molecule has 5 nitrogen and oxygen atoms in total. The number of fused-ring (bicyclic) bond motifs is 1. The van der Waals surface area contributed by atoms with Gasteiger partial charge in [-0.25, -0.2) is 4.98 Å². The summed E-state index contributed by atoms with van der Waals surface area (Å²) in [6, 6.07) is 14.4. The molecule has 4 rings (SSSR count). The van der Waals surface area contributed by atoms with Gasteiger partial charge in [0.2, 0.25) is 0 Å². The van der Waals surface area contributed by atoms with Crippen molar-refractivity contribution in [2.45, 2.75) is 13.3 Å². The number of benzene rings is 2. The van der Waals surface area contributed by atoms with Crippen molar-refractivity contribution in [1.29, 1.82) is 0 Å². The molecule has 2 amide bonds. The van der Waals surface area contributed by atoms with Crippen LogP contribution < -0.4 is 10.6 Å². The van der Waals surface area contributed by atoms with Gasteiger partial charge in [-0.1, -0.05) is 42.0 Å². The highest BCUT2D eigenvalue weighted by Gasteiger charge is 2.14. The monoisotopic (exact) mass is 441 g/mol. The Morgan fingerprint density at radius 2 is 1.93 bits per heavy atom. The number of aryl methyl sites for hydroxylation is 1. The van der Waals surface area contributed by atoms with Crippen molar-refractivity contribution in [2.24, 2.45) is 0 Å². The molecule has 2 N–H and O–H groups in total. The first-order valence-corrected chi connectivity index (χ1v) is 11.0. The Balaban J connectivity index is 1.53. The van der Waals surface area contributed by atoms with Gasteiger partial charge in [0.25, 0.3) is 11.8 Å². The zero-order chi connectivity index (χ0) is 20.4. The van der Waals surface area contributed by atoms with Gasteiger partial charge in [-0.15, -0.1) is 11.3 Å². The molecule has 0 atom stereocenters. The number of thiophene rings is 1. The molecule has 2 aromatic carbocycles. The third-order valence-corrected chi connectivity index (χ3v) is 6.44. The molecule has 8 heteroatoms. The molecule has 0 radical (unpaired) electrons. The highest BCUT2D eigenvalue weighted by Crippen LogP contribution is 2.28. The molecule has 4 aromatic rings. The normalized spacial score (nSPS) is 10.8. The van der Waals surface area contributed by atoms with Gasteiger partial charge in [0, 0.05) is 5.56 Å². The third-order valence-electron chi connectivity index (χ3n) is 4.30. The minimum atomic E-state index is -0.317.